The number of allylic oxidation sites excluding steroid dienone is 4. The van der Waals surface area contributed by atoms with Crippen molar-refractivity contribution < 1.29 is 4.79 Å². The second-order valence-corrected chi connectivity index (χ2v) is 2.22. The summed E-state index contributed by atoms with van der Waals surface area (Å²) >= 11 is 0. The SMILES string of the molecule is CCC(=O)N1C=CC=CC=C1. The fourth-order valence-corrected chi connectivity index (χ4v) is 0.812. The Kier molecular flexibility index (Phi) is 2.66. The third-order valence-corrected chi connectivity index (χ3v) is 1.42. The monoisotopic (exact) mass is 149 g/mol. The van der Waals surface area contributed by atoms with Gasteiger partial charge >= 0.3 is 0 Å². The molecule has 1 rings (SSSR count). The molecule has 2 heteroatoms. The lowest BCUT2D eigenvalue weighted by Gasteiger charge is -2.09. The van der Waals surface area contributed by atoms with Crippen LogP contribution in [0.25, 0.3) is 0 Å². The highest BCUT2D eigenvalue weighted by atomic mass is 16.2. The molecule has 1 aliphatic rings. The van der Waals surface area contributed by atoms with E-state index in [2.05, 4.69) is 0 Å². The third-order valence-electron chi connectivity index (χ3n) is 1.42. The lowest BCUT2D eigenvalue weighted by Crippen LogP contribution is -2.17. The Morgan fingerprint density at radius 3 is 2.18 bits per heavy atom. The normalized spacial score (nSPS) is 15.2. The number of carbonyl (C=O) groups is 1. The summed E-state index contributed by atoms with van der Waals surface area (Å²) in [6.07, 6.45) is 11.5. The van der Waals surface area contributed by atoms with Crippen molar-refractivity contribution in [1.82, 2.24) is 4.90 Å². The van der Waals surface area contributed by atoms with E-state index in [1.165, 1.54) is 0 Å². The molecule has 2 nitrogen and oxygen atoms in total. The molecule has 1 aliphatic heterocycles. The average molecular weight is 149 g/mol. The predicted molar refractivity (Wildman–Crippen MR) is 44.6 cm³/mol. The van der Waals surface area contributed by atoms with Crippen LogP contribution in [0.4, 0.5) is 0 Å². The molecule has 0 spiro atoms. The fourth-order valence-electron chi connectivity index (χ4n) is 0.812. The van der Waals surface area contributed by atoms with Crippen molar-refractivity contribution in [3.63, 3.8) is 0 Å². The minimum Gasteiger partial charge on any atom is -0.295 e. The Hall–Kier alpha value is -1.31. The van der Waals surface area contributed by atoms with Gasteiger partial charge < -0.3 is 0 Å². The van der Waals surface area contributed by atoms with E-state index in [1.54, 1.807) is 17.3 Å². The lowest BCUT2D eigenvalue weighted by atomic mass is 10.4. The minimum absolute atomic E-state index is 0.112. The number of hydrogen-bond acceptors (Lipinski definition) is 1. The van der Waals surface area contributed by atoms with Crippen molar-refractivity contribution in [2.45, 2.75) is 13.3 Å². The molecule has 0 aliphatic carbocycles. The van der Waals surface area contributed by atoms with Gasteiger partial charge in [-0.15, -0.1) is 0 Å². The number of nitrogens with zero attached hydrogens (tertiary/aromatic N) is 1. The van der Waals surface area contributed by atoms with Gasteiger partial charge in [-0.25, -0.2) is 0 Å². The smallest absolute Gasteiger partial charge is 0.230 e. The number of hydrogen-bond donors (Lipinski definition) is 0. The average Bonchev–Trinajstić information content (AvgIpc) is 2.30. The maximum absolute atomic E-state index is 11.1. The molecule has 11 heavy (non-hydrogen) atoms. The van der Waals surface area contributed by atoms with Crippen LogP contribution in [0.5, 0.6) is 0 Å². The molecule has 0 fully saturated rings. The van der Waals surface area contributed by atoms with Gasteiger partial charge in [-0.05, 0) is 12.2 Å². The van der Waals surface area contributed by atoms with Crippen LogP contribution in [-0.2, 0) is 4.79 Å². The van der Waals surface area contributed by atoms with Crippen molar-refractivity contribution in [2.75, 3.05) is 0 Å². The van der Waals surface area contributed by atoms with Crippen LogP contribution in [0.15, 0.2) is 36.7 Å². The lowest BCUT2D eigenvalue weighted by molar-refractivity contribution is -0.126. The van der Waals surface area contributed by atoms with Crippen LogP contribution in [0.2, 0.25) is 0 Å². The first kappa shape index (κ1) is 7.79. The maximum Gasteiger partial charge on any atom is 0.230 e. The molecule has 0 aromatic heterocycles. The molecule has 58 valence electrons. The Morgan fingerprint density at radius 2 is 1.73 bits per heavy atom. The molecule has 0 radical (unpaired) electrons. The van der Waals surface area contributed by atoms with Gasteiger partial charge in [-0.1, -0.05) is 19.1 Å². The number of amides is 1. The van der Waals surface area contributed by atoms with Crippen molar-refractivity contribution >= 4 is 5.91 Å². The largest absolute Gasteiger partial charge is 0.295 e. The highest BCUT2D eigenvalue weighted by Crippen LogP contribution is 2.00. The molecule has 0 aromatic carbocycles. The zero-order valence-electron chi connectivity index (χ0n) is 6.53. The van der Waals surface area contributed by atoms with Gasteiger partial charge in [0, 0.05) is 18.8 Å². The quantitative estimate of drug-likeness (QED) is 0.557. The van der Waals surface area contributed by atoms with Crippen LogP contribution >= 0.6 is 0 Å². The van der Waals surface area contributed by atoms with E-state index < -0.39 is 0 Å². The summed E-state index contributed by atoms with van der Waals surface area (Å²) in [7, 11) is 0. The van der Waals surface area contributed by atoms with Gasteiger partial charge in [0.2, 0.25) is 5.91 Å². The van der Waals surface area contributed by atoms with Crippen LogP contribution < -0.4 is 0 Å². The fraction of sp³-hybridized carbons (Fsp3) is 0.222. The van der Waals surface area contributed by atoms with E-state index in [1.807, 2.05) is 31.2 Å². The van der Waals surface area contributed by atoms with E-state index >= 15 is 0 Å². The van der Waals surface area contributed by atoms with E-state index in [9.17, 15) is 4.79 Å². The van der Waals surface area contributed by atoms with Crippen molar-refractivity contribution in [1.29, 1.82) is 0 Å². The zero-order valence-corrected chi connectivity index (χ0v) is 6.53. The van der Waals surface area contributed by atoms with Crippen molar-refractivity contribution in [3.05, 3.63) is 36.7 Å². The van der Waals surface area contributed by atoms with Crippen LogP contribution in [0.1, 0.15) is 13.3 Å². The Labute approximate surface area is 66.5 Å². The molecular weight excluding hydrogens is 138 g/mol. The molecule has 0 saturated heterocycles. The van der Waals surface area contributed by atoms with Crippen molar-refractivity contribution in [2.24, 2.45) is 0 Å². The maximum atomic E-state index is 11.1. The van der Waals surface area contributed by atoms with Gasteiger partial charge in [0.1, 0.15) is 0 Å². The van der Waals surface area contributed by atoms with Crippen LogP contribution in [0, 0.1) is 0 Å². The molecule has 0 saturated carbocycles. The summed E-state index contributed by atoms with van der Waals surface area (Å²) in [6.45, 7) is 1.85. The third kappa shape index (κ3) is 2.08. The summed E-state index contributed by atoms with van der Waals surface area (Å²) in [6, 6.07) is 0. The molecular formula is C9H11NO. The molecule has 0 aromatic rings. The minimum atomic E-state index is 0.112. The highest BCUT2D eigenvalue weighted by Gasteiger charge is 2.03. The van der Waals surface area contributed by atoms with E-state index in [0.29, 0.717) is 6.42 Å². The topological polar surface area (TPSA) is 20.3 Å². The summed E-state index contributed by atoms with van der Waals surface area (Å²) < 4.78 is 0. The number of rotatable bonds is 1. The zero-order chi connectivity index (χ0) is 8.10. The second kappa shape index (κ2) is 3.76. The van der Waals surface area contributed by atoms with Gasteiger partial charge in [0.25, 0.3) is 0 Å². The Morgan fingerprint density at radius 1 is 1.18 bits per heavy atom. The second-order valence-electron chi connectivity index (χ2n) is 2.22. The van der Waals surface area contributed by atoms with E-state index in [-0.39, 0.29) is 5.91 Å². The van der Waals surface area contributed by atoms with Gasteiger partial charge in [-0.3, -0.25) is 9.69 Å². The summed E-state index contributed by atoms with van der Waals surface area (Å²) in [5.74, 6) is 0.112. The summed E-state index contributed by atoms with van der Waals surface area (Å²) in [4.78, 5) is 12.7. The Balaban J connectivity index is 2.67. The summed E-state index contributed by atoms with van der Waals surface area (Å²) in [5.41, 5.74) is 0. The molecule has 0 N–H and O–H groups in total. The van der Waals surface area contributed by atoms with Gasteiger partial charge in [0.15, 0.2) is 0 Å². The first-order valence-electron chi connectivity index (χ1n) is 3.67. The van der Waals surface area contributed by atoms with Crippen LogP contribution in [0.3, 0.4) is 0 Å². The highest BCUT2D eigenvalue weighted by molar-refractivity contribution is 5.78. The van der Waals surface area contributed by atoms with Crippen LogP contribution in [-0.4, -0.2) is 10.8 Å². The molecule has 0 bridgehead atoms. The van der Waals surface area contributed by atoms with Gasteiger partial charge in [0.05, 0.1) is 0 Å². The molecule has 1 heterocycles. The van der Waals surface area contributed by atoms with E-state index in [0.717, 1.165) is 0 Å². The summed E-state index contributed by atoms with van der Waals surface area (Å²) in [5, 5.41) is 0. The standard InChI is InChI=1S/C9H11NO/c1-2-9(11)10-7-5-3-4-6-8-10/h3-8H,2H2,1H3. The molecule has 0 unspecified atom stereocenters. The predicted octanol–water partition coefficient (Wildman–Crippen LogP) is 1.82. The van der Waals surface area contributed by atoms with E-state index in [4.69, 9.17) is 0 Å². The molecule has 1 amide bonds. The van der Waals surface area contributed by atoms with Gasteiger partial charge in [-0.2, -0.15) is 0 Å². The first-order chi connectivity index (χ1) is 5.34. The van der Waals surface area contributed by atoms with Crippen molar-refractivity contribution in [3.8, 4) is 0 Å². The Bertz CT molecular complexity index is 210. The molecule has 0 atom stereocenters. The number of carbonyl (C=O) groups excluding carboxylic acids is 1. The first-order valence-corrected chi connectivity index (χ1v) is 3.67.